The van der Waals surface area contributed by atoms with E-state index in [1.807, 2.05) is 29.7 Å². The first-order valence-corrected chi connectivity index (χ1v) is 8.29. The molecule has 1 aliphatic rings. The highest BCUT2D eigenvalue weighted by atomic mass is 19.1. The van der Waals surface area contributed by atoms with E-state index in [9.17, 15) is 9.18 Å². The highest BCUT2D eigenvalue weighted by molar-refractivity contribution is 5.94. The van der Waals surface area contributed by atoms with Gasteiger partial charge in [0, 0.05) is 30.9 Å². The lowest BCUT2D eigenvalue weighted by atomic mass is 10.1. The average Bonchev–Trinajstić information content (AvgIpc) is 2.96. The van der Waals surface area contributed by atoms with Crippen molar-refractivity contribution in [1.29, 1.82) is 0 Å². The van der Waals surface area contributed by atoms with Gasteiger partial charge in [-0.05, 0) is 44.8 Å². The lowest BCUT2D eigenvalue weighted by Crippen LogP contribution is -2.44. The number of hydrogen-bond acceptors (Lipinski definition) is 4. The van der Waals surface area contributed by atoms with E-state index in [-0.39, 0.29) is 17.7 Å². The van der Waals surface area contributed by atoms with Gasteiger partial charge in [0.15, 0.2) is 11.6 Å². The van der Waals surface area contributed by atoms with E-state index in [2.05, 4.69) is 10.00 Å². The number of amides is 1. The van der Waals surface area contributed by atoms with Gasteiger partial charge in [0.2, 0.25) is 0 Å². The summed E-state index contributed by atoms with van der Waals surface area (Å²) in [5.74, 6) is -0.573. The van der Waals surface area contributed by atoms with Crippen LogP contribution in [-0.2, 0) is 13.1 Å². The number of ether oxygens (including phenoxy) is 1. The first-order chi connectivity index (χ1) is 12.0. The zero-order chi connectivity index (χ0) is 18.0. The van der Waals surface area contributed by atoms with E-state index >= 15 is 0 Å². The monoisotopic (exact) mass is 346 g/mol. The lowest BCUT2D eigenvalue weighted by molar-refractivity contribution is 0.0626. The predicted molar refractivity (Wildman–Crippen MR) is 92.0 cm³/mol. The van der Waals surface area contributed by atoms with Gasteiger partial charge in [0.05, 0.1) is 19.3 Å². The first-order valence-electron chi connectivity index (χ1n) is 8.29. The van der Waals surface area contributed by atoms with Crippen LogP contribution in [0.3, 0.4) is 0 Å². The molecule has 7 heteroatoms. The van der Waals surface area contributed by atoms with Crippen LogP contribution in [0.5, 0.6) is 5.75 Å². The fourth-order valence-corrected chi connectivity index (χ4v) is 3.24. The lowest BCUT2D eigenvalue weighted by Gasteiger charge is -2.31. The normalized spacial score (nSPS) is 17.3. The van der Waals surface area contributed by atoms with E-state index < -0.39 is 5.82 Å². The van der Waals surface area contributed by atoms with Crippen LogP contribution < -0.4 is 4.74 Å². The van der Waals surface area contributed by atoms with Crippen molar-refractivity contribution in [3.63, 3.8) is 0 Å². The SMILES string of the molecule is COc1ccc(C(=O)N2Cc3ccnn3CCC2CN(C)C)cc1F. The molecule has 0 saturated heterocycles. The molecule has 0 fully saturated rings. The Labute approximate surface area is 146 Å². The first kappa shape index (κ1) is 17.4. The minimum absolute atomic E-state index is 0.0364. The summed E-state index contributed by atoms with van der Waals surface area (Å²) in [5, 5.41) is 4.32. The largest absolute Gasteiger partial charge is 0.494 e. The van der Waals surface area contributed by atoms with Gasteiger partial charge >= 0.3 is 0 Å². The molecule has 0 saturated carbocycles. The number of likely N-dealkylation sites (N-methyl/N-ethyl adjacent to an activating group) is 1. The Hall–Kier alpha value is -2.41. The summed E-state index contributed by atoms with van der Waals surface area (Å²) in [7, 11) is 5.38. The number of rotatable bonds is 4. The second-order valence-corrected chi connectivity index (χ2v) is 6.53. The molecule has 2 heterocycles. The van der Waals surface area contributed by atoms with Crippen LogP contribution in [-0.4, -0.2) is 59.3 Å². The van der Waals surface area contributed by atoms with Crippen LogP contribution in [0.2, 0.25) is 0 Å². The van der Waals surface area contributed by atoms with E-state index in [4.69, 9.17) is 4.74 Å². The molecule has 0 bridgehead atoms. The molecular formula is C18H23FN4O2. The summed E-state index contributed by atoms with van der Waals surface area (Å²) >= 11 is 0. The minimum atomic E-state index is -0.530. The number of aromatic nitrogens is 2. The number of fused-ring (bicyclic) bond motifs is 1. The highest BCUT2D eigenvalue weighted by Crippen LogP contribution is 2.23. The molecule has 2 aromatic rings. The molecule has 0 N–H and O–H groups in total. The Morgan fingerprint density at radius 1 is 1.40 bits per heavy atom. The van der Waals surface area contributed by atoms with Gasteiger partial charge in [-0.1, -0.05) is 0 Å². The zero-order valence-electron chi connectivity index (χ0n) is 14.8. The van der Waals surface area contributed by atoms with Crippen molar-refractivity contribution in [2.75, 3.05) is 27.7 Å². The molecule has 0 aliphatic carbocycles. The van der Waals surface area contributed by atoms with Crippen molar-refractivity contribution < 1.29 is 13.9 Å². The maximum Gasteiger partial charge on any atom is 0.254 e. The Bertz CT molecular complexity index is 759. The third-order valence-electron chi connectivity index (χ3n) is 4.49. The molecule has 25 heavy (non-hydrogen) atoms. The third-order valence-corrected chi connectivity index (χ3v) is 4.49. The van der Waals surface area contributed by atoms with Gasteiger partial charge in [-0.25, -0.2) is 4.39 Å². The standard InChI is InChI=1S/C18H23FN4O2/c1-21(2)11-14-7-9-23-15(6-8-20-23)12-22(14)18(24)13-4-5-17(25-3)16(19)10-13/h4-6,8,10,14H,7,9,11-12H2,1-3H3. The van der Waals surface area contributed by atoms with E-state index in [1.165, 1.54) is 19.2 Å². The van der Waals surface area contributed by atoms with Crippen LogP contribution in [0.25, 0.3) is 0 Å². The van der Waals surface area contributed by atoms with Crippen LogP contribution >= 0.6 is 0 Å². The van der Waals surface area contributed by atoms with Gasteiger partial charge in [-0.2, -0.15) is 5.10 Å². The molecular weight excluding hydrogens is 323 g/mol. The van der Waals surface area contributed by atoms with Crippen LogP contribution in [0.15, 0.2) is 30.5 Å². The van der Waals surface area contributed by atoms with Gasteiger partial charge in [-0.3, -0.25) is 9.48 Å². The zero-order valence-corrected chi connectivity index (χ0v) is 14.8. The second-order valence-electron chi connectivity index (χ2n) is 6.53. The van der Waals surface area contributed by atoms with Crippen molar-refractivity contribution >= 4 is 5.91 Å². The van der Waals surface area contributed by atoms with Crippen LogP contribution in [0.4, 0.5) is 4.39 Å². The number of carbonyl (C=O) groups excluding carboxylic acids is 1. The van der Waals surface area contributed by atoms with E-state index in [1.54, 1.807) is 12.3 Å². The number of carbonyl (C=O) groups is 1. The molecule has 1 aliphatic heterocycles. The fraction of sp³-hybridized carbons (Fsp3) is 0.444. The van der Waals surface area contributed by atoms with Crippen molar-refractivity contribution in [3.8, 4) is 5.75 Å². The van der Waals surface area contributed by atoms with Crippen molar-refractivity contribution in [3.05, 3.63) is 47.5 Å². The Balaban J connectivity index is 1.91. The number of hydrogen-bond donors (Lipinski definition) is 0. The van der Waals surface area contributed by atoms with Gasteiger partial charge in [0.1, 0.15) is 0 Å². The summed E-state index contributed by atoms with van der Waals surface area (Å²) < 4.78 is 20.9. The minimum Gasteiger partial charge on any atom is -0.494 e. The topological polar surface area (TPSA) is 50.6 Å². The van der Waals surface area contributed by atoms with Crippen LogP contribution in [0, 0.1) is 5.82 Å². The Morgan fingerprint density at radius 2 is 2.20 bits per heavy atom. The van der Waals surface area contributed by atoms with Gasteiger partial charge in [-0.15, -0.1) is 0 Å². The quantitative estimate of drug-likeness (QED) is 0.850. The average molecular weight is 346 g/mol. The summed E-state index contributed by atoms with van der Waals surface area (Å²) in [6.45, 7) is 1.97. The third kappa shape index (κ3) is 3.66. The van der Waals surface area contributed by atoms with Crippen LogP contribution in [0.1, 0.15) is 22.5 Å². The van der Waals surface area contributed by atoms with Gasteiger partial charge in [0.25, 0.3) is 5.91 Å². The number of aryl methyl sites for hydroxylation is 1. The number of benzene rings is 1. The maximum atomic E-state index is 14.0. The molecule has 0 spiro atoms. The molecule has 1 amide bonds. The molecule has 1 atom stereocenters. The van der Waals surface area contributed by atoms with Crippen molar-refractivity contribution in [2.45, 2.75) is 25.6 Å². The molecule has 3 rings (SSSR count). The molecule has 134 valence electrons. The van der Waals surface area contributed by atoms with E-state index in [0.717, 1.165) is 25.2 Å². The Kier molecular flexibility index (Phi) is 5.03. The summed E-state index contributed by atoms with van der Waals surface area (Å²) in [4.78, 5) is 17.0. The fourth-order valence-electron chi connectivity index (χ4n) is 3.24. The molecule has 6 nitrogen and oxygen atoms in total. The molecule has 0 radical (unpaired) electrons. The van der Waals surface area contributed by atoms with Crippen molar-refractivity contribution in [2.24, 2.45) is 0 Å². The highest BCUT2D eigenvalue weighted by Gasteiger charge is 2.29. The molecule has 1 aromatic heterocycles. The van der Waals surface area contributed by atoms with E-state index in [0.29, 0.717) is 12.1 Å². The number of halogens is 1. The number of nitrogens with zero attached hydrogens (tertiary/aromatic N) is 4. The van der Waals surface area contributed by atoms with Crippen molar-refractivity contribution in [1.82, 2.24) is 19.6 Å². The maximum absolute atomic E-state index is 14.0. The predicted octanol–water partition coefficient (Wildman–Crippen LogP) is 2.01. The summed E-state index contributed by atoms with van der Waals surface area (Å²) in [6.07, 6.45) is 2.55. The smallest absolute Gasteiger partial charge is 0.254 e. The van der Waals surface area contributed by atoms with Gasteiger partial charge < -0.3 is 14.5 Å². The molecule has 1 unspecified atom stereocenters. The summed E-state index contributed by atoms with van der Waals surface area (Å²) in [5.41, 5.74) is 1.32. The molecule has 1 aromatic carbocycles. The number of methoxy groups -OCH3 is 1. The second kappa shape index (κ2) is 7.23. The Morgan fingerprint density at radius 3 is 2.88 bits per heavy atom. The summed E-state index contributed by atoms with van der Waals surface area (Å²) in [6, 6.07) is 6.31.